The van der Waals surface area contributed by atoms with E-state index < -0.39 is 5.82 Å². The van der Waals surface area contributed by atoms with Crippen molar-refractivity contribution >= 4 is 23.5 Å². The first-order valence-electron chi connectivity index (χ1n) is 11.6. The Balaban J connectivity index is 1.20. The average molecular weight is 491 g/mol. The maximum Gasteiger partial charge on any atom is 0.227 e. The minimum absolute atomic E-state index is 0.0394. The molecule has 4 aromatic heterocycles. The molecule has 1 amide bonds. The number of nitrogens with zero attached hydrogens (tertiary/aromatic N) is 7. The third kappa shape index (κ3) is 4.74. The predicted octanol–water partition coefficient (Wildman–Crippen LogP) is 2.98. The molecule has 0 unspecified atom stereocenters. The molecule has 0 bridgehead atoms. The molecule has 0 aliphatic carbocycles. The van der Waals surface area contributed by atoms with Crippen LogP contribution in [0.5, 0.6) is 0 Å². The summed E-state index contributed by atoms with van der Waals surface area (Å²) in [5.74, 6) is 1.73. The Hall–Kier alpha value is -4.35. The molecular formula is C24H27FN10O. The highest BCUT2D eigenvalue weighted by Gasteiger charge is 2.42. The lowest BCUT2D eigenvalue weighted by molar-refractivity contribution is -0.127. The molecule has 11 nitrogen and oxygen atoms in total. The zero-order chi connectivity index (χ0) is 25.4. The van der Waals surface area contributed by atoms with E-state index in [0.29, 0.717) is 29.9 Å². The smallest absolute Gasteiger partial charge is 0.227 e. The van der Waals surface area contributed by atoms with Crippen LogP contribution in [0.3, 0.4) is 0 Å². The van der Waals surface area contributed by atoms with Gasteiger partial charge < -0.3 is 15.5 Å². The van der Waals surface area contributed by atoms with E-state index >= 15 is 0 Å². The summed E-state index contributed by atoms with van der Waals surface area (Å²) in [6, 6.07) is 7.03. The van der Waals surface area contributed by atoms with E-state index in [2.05, 4.69) is 40.9 Å². The van der Waals surface area contributed by atoms with E-state index in [1.807, 2.05) is 50.8 Å². The Bertz CT molecular complexity index is 1380. The van der Waals surface area contributed by atoms with Gasteiger partial charge >= 0.3 is 0 Å². The standard InChI is InChI=1S/C24H27FN10O/c1-13-7-20(30-21-8-14(2)32-33-21)31-24(28-13)34-12-19(16(34)4)23(36)29-15(3)17-5-6-22(26-9-17)35-11-18(25)10-27-35/h5-11,15-16,19H,12H2,1-4H3,(H,29,36)(H2,28,30,31,32,33)/t15-,16-,19+/m0/s1. The first-order valence-corrected chi connectivity index (χ1v) is 11.6. The zero-order valence-electron chi connectivity index (χ0n) is 20.4. The molecule has 0 radical (unpaired) electrons. The van der Waals surface area contributed by atoms with Gasteiger partial charge in [-0.15, -0.1) is 0 Å². The van der Waals surface area contributed by atoms with Crippen LogP contribution in [0.1, 0.15) is 36.8 Å². The van der Waals surface area contributed by atoms with Crippen molar-refractivity contribution in [3.63, 3.8) is 0 Å². The van der Waals surface area contributed by atoms with E-state index in [0.717, 1.165) is 23.1 Å². The van der Waals surface area contributed by atoms with E-state index in [-0.39, 0.29) is 23.9 Å². The number of nitrogens with one attached hydrogen (secondary N) is 3. The van der Waals surface area contributed by atoms with Crippen LogP contribution in [-0.4, -0.2) is 53.4 Å². The van der Waals surface area contributed by atoms with Gasteiger partial charge in [0, 0.05) is 42.3 Å². The Morgan fingerprint density at radius 3 is 2.67 bits per heavy atom. The molecule has 4 aromatic rings. The number of H-pyrrole nitrogens is 1. The van der Waals surface area contributed by atoms with Crippen LogP contribution in [0.2, 0.25) is 0 Å². The molecule has 1 aliphatic rings. The van der Waals surface area contributed by atoms with Gasteiger partial charge in [-0.05, 0) is 39.3 Å². The second-order valence-electron chi connectivity index (χ2n) is 9.04. The number of hydrogen-bond donors (Lipinski definition) is 3. The van der Waals surface area contributed by atoms with Crippen molar-refractivity contribution in [3.05, 3.63) is 65.6 Å². The molecule has 5 rings (SSSR count). The Labute approximate surface area is 207 Å². The highest BCUT2D eigenvalue weighted by Crippen LogP contribution is 2.30. The molecule has 0 spiro atoms. The molecule has 1 aliphatic heterocycles. The number of carbonyl (C=O) groups is 1. The van der Waals surface area contributed by atoms with Crippen molar-refractivity contribution in [2.45, 2.75) is 39.8 Å². The molecule has 12 heteroatoms. The summed E-state index contributed by atoms with van der Waals surface area (Å²) in [5.41, 5.74) is 2.61. The minimum atomic E-state index is -0.429. The lowest BCUT2D eigenvalue weighted by atomic mass is 9.89. The monoisotopic (exact) mass is 490 g/mol. The number of aromatic amines is 1. The van der Waals surface area contributed by atoms with Gasteiger partial charge in [-0.25, -0.2) is 19.0 Å². The fourth-order valence-electron chi connectivity index (χ4n) is 4.15. The Morgan fingerprint density at radius 1 is 1.19 bits per heavy atom. The molecule has 186 valence electrons. The number of anilines is 3. The van der Waals surface area contributed by atoms with Crippen LogP contribution in [0.25, 0.3) is 5.82 Å². The number of amides is 1. The largest absolute Gasteiger partial charge is 0.349 e. The molecule has 36 heavy (non-hydrogen) atoms. The highest BCUT2D eigenvalue weighted by atomic mass is 19.1. The second kappa shape index (κ2) is 9.36. The number of pyridine rings is 1. The van der Waals surface area contributed by atoms with Gasteiger partial charge in [0.2, 0.25) is 11.9 Å². The average Bonchev–Trinajstić information content (AvgIpc) is 3.45. The first-order chi connectivity index (χ1) is 17.3. The van der Waals surface area contributed by atoms with Gasteiger partial charge in [-0.3, -0.25) is 9.89 Å². The summed E-state index contributed by atoms with van der Waals surface area (Å²) in [5, 5.41) is 17.2. The summed E-state index contributed by atoms with van der Waals surface area (Å²) in [6.07, 6.45) is 4.04. The van der Waals surface area contributed by atoms with Crippen molar-refractivity contribution in [2.75, 3.05) is 16.8 Å². The number of aromatic nitrogens is 7. The van der Waals surface area contributed by atoms with Crippen molar-refractivity contribution in [1.82, 2.24) is 40.2 Å². The summed E-state index contributed by atoms with van der Waals surface area (Å²) in [4.78, 5) is 28.5. The summed E-state index contributed by atoms with van der Waals surface area (Å²) in [6.45, 7) is 8.25. The van der Waals surface area contributed by atoms with Crippen LogP contribution in [-0.2, 0) is 4.79 Å². The number of carbonyl (C=O) groups excluding carboxylic acids is 1. The van der Waals surface area contributed by atoms with E-state index in [4.69, 9.17) is 0 Å². The van der Waals surface area contributed by atoms with E-state index in [1.54, 1.807) is 12.3 Å². The summed E-state index contributed by atoms with van der Waals surface area (Å²) >= 11 is 0. The van der Waals surface area contributed by atoms with E-state index in [9.17, 15) is 9.18 Å². The maximum atomic E-state index is 13.2. The number of hydrogen-bond acceptors (Lipinski definition) is 8. The quantitative estimate of drug-likeness (QED) is 0.361. The molecule has 1 fully saturated rings. The molecule has 3 atom stereocenters. The fourth-order valence-corrected chi connectivity index (χ4v) is 4.15. The van der Waals surface area contributed by atoms with Crippen LogP contribution in [0, 0.1) is 25.6 Å². The summed E-state index contributed by atoms with van der Waals surface area (Å²) in [7, 11) is 0. The SMILES string of the molecule is Cc1cc(Nc2cc(C)[nH]n2)nc(N2C[C@@H](C(=O)N[C@@H](C)c3ccc(-n4cc(F)cn4)nc3)[C@@H]2C)n1. The van der Waals surface area contributed by atoms with Gasteiger partial charge in [0.1, 0.15) is 5.82 Å². The topological polar surface area (TPSA) is 130 Å². The second-order valence-corrected chi connectivity index (χ2v) is 9.04. The number of rotatable bonds is 7. The third-order valence-electron chi connectivity index (χ3n) is 6.28. The summed E-state index contributed by atoms with van der Waals surface area (Å²) < 4.78 is 14.6. The molecular weight excluding hydrogens is 463 g/mol. The molecule has 3 N–H and O–H groups in total. The van der Waals surface area contributed by atoms with Crippen molar-refractivity contribution in [1.29, 1.82) is 0 Å². The minimum Gasteiger partial charge on any atom is -0.349 e. The van der Waals surface area contributed by atoms with Gasteiger partial charge in [0.25, 0.3) is 0 Å². The van der Waals surface area contributed by atoms with Crippen molar-refractivity contribution < 1.29 is 9.18 Å². The normalized spacial score (nSPS) is 18.0. The van der Waals surface area contributed by atoms with Crippen LogP contribution in [0.4, 0.5) is 22.0 Å². The Kier molecular flexibility index (Phi) is 6.08. The highest BCUT2D eigenvalue weighted by molar-refractivity contribution is 5.83. The van der Waals surface area contributed by atoms with Crippen LogP contribution in [0.15, 0.2) is 42.9 Å². The van der Waals surface area contributed by atoms with Crippen molar-refractivity contribution in [3.8, 4) is 5.82 Å². The fraction of sp³-hybridized carbons (Fsp3) is 0.333. The zero-order valence-corrected chi connectivity index (χ0v) is 20.4. The molecule has 0 aromatic carbocycles. The Morgan fingerprint density at radius 2 is 2.03 bits per heavy atom. The maximum absolute atomic E-state index is 13.2. The molecule has 5 heterocycles. The van der Waals surface area contributed by atoms with E-state index in [1.165, 1.54) is 10.9 Å². The van der Waals surface area contributed by atoms with Gasteiger partial charge in [-0.1, -0.05) is 6.07 Å². The molecule has 0 saturated carbocycles. The van der Waals surface area contributed by atoms with Crippen LogP contribution < -0.4 is 15.5 Å². The lowest BCUT2D eigenvalue weighted by Crippen LogP contribution is -2.61. The molecule has 1 saturated heterocycles. The third-order valence-corrected chi connectivity index (χ3v) is 6.28. The number of aryl methyl sites for hydroxylation is 2. The predicted molar refractivity (Wildman–Crippen MR) is 132 cm³/mol. The van der Waals surface area contributed by atoms with Crippen molar-refractivity contribution in [2.24, 2.45) is 5.92 Å². The van der Waals surface area contributed by atoms with Gasteiger partial charge in [0.05, 0.1) is 24.4 Å². The number of halogens is 1. The van der Waals surface area contributed by atoms with Crippen LogP contribution >= 0.6 is 0 Å². The van der Waals surface area contributed by atoms with Gasteiger partial charge in [-0.2, -0.15) is 15.2 Å². The first kappa shape index (κ1) is 23.4. The lowest BCUT2D eigenvalue weighted by Gasteiger charge is -2.45. The van der Waals surface area contributed by atoms with Gasteiger partial charge in [0.15, 0.2) is 17.5 Å².